The molecular weight excluding hydrogens is 207 g/mol. The number of hydrogen-bond donors (Lipinski definition) is 1. The van der Waals surface area contributed by atoms with Crippen molar-refractivity contribution in [3.05, 3.63) is 29.8 Å². The van der Waals surface area contributed by atoms with E-state index >= 15 is 0 Å². The molecule has 1 rings (SSSR count). The van der Waals surface area contributed by atoms with E-state index in [1.54, 1.807) is 0 Å². The molecule has 0 unspecified atom stereocenters. The van der Waals surface area contributed by atoms with Gasteiger partial charge in [-0.2, -0.15) is 0 Å². The molecular formula is C10H15NaO2S. The molecule has 0 aliphatic rings. The van der Waals surface area contributed by atoms with Crippen LogP contribution in [0.4, 0.5) is 0 Å². The standard InChI is InChI=1S/C10H14O2S.Na.H/c1-10(2,3)8-4-6-9(7-5-8)12-13-11;;/h4-7,13H,1-3H3;;. The first kappa shape index (κ1) is 14.2. The van der Waals surface area contributed by atoms with Gasteiger partial charge in [-0.05, 0) is 23.1 Å². The van der Waals surface area contributed by atoms with Crippen molar-refractivity contribution in [3.63, 3.8) is 0 Å². The summed E-state index contributed by atoms with van der Waals surface area (Å²) >= 11 is -0.307. The summed E-state index contributed by atoms with van der Waals surface area (Å²) in [6.45, 7) is 6.44. The predicted molar refractivity (Wildman–Crippen MR) is 62.5 cm³/mol. The monoisotopic (exact) mass is 222 g/mol. The maximum absolute atomic E-state index is 10.1. The number of benzene rings is 1. The second-order valence-electron chi connectivity index (χ2n) is 3.94. The Labute approximate surface area is 111 Å². The van der Waals surface area contributed by atoms with Gasteiger partial charge in [0, 0.05) is 0 Å². The topological polar surface area (TPSA) is 26.3 Å². The van der Waals surface area contributed by atoms with Gasteiger partial charge in [0.25, 0.3) is 0 Å². The predicted octanol–water partition coefficient (Wildman–Crippen LogP) is 1.57. The van der Waals surface area contributed by atoms with Crippen LogP contribution in [0.5, 0.6) is 5.75 Å². The molecule has 1 aromatic carbocycles. The van der Waals surface area contributed by atoms with Crippen molar-refractivity contribution in [2.45, 2.75) is 26.2 Å². The molecule has 2 nitrogen and oxygen atoms in total. The van der Waals surface area contributed by atoms with Gasteiger partial charge in [-0.1, -0.05) is 32.9 Å². The van der Waals surface area contributed by atoms with Crippen LogP contribution >= 0.6 is 0 Å². The normalized spacial score (nSPS) is 10.5. The molecule has 0 aliphatic heterocycles. The fourth-order valence-electron chi connectivity index (χ4n) is 1.06. The minimum atomic E-state index is -0.307. The molecule has 1 aromatic rings. The van der Waals surface area contributed by atoms with Crippen LogP contribution in [-0.4, -0.2) is 33.8 Å². The second kappa shape index (κ2) is 5.91. The first-order chi connectivity index (χ1) is 6.04. The van der Waals surface area contributed by atoms with Gasteiger partial charge in [-0.25, -0.2) is 4.21 Å². The van der Waals surface area contributed by atoms with Crippen molar-refractivity contribution in [1.29, 1.82) is 0 Å². The number of thiol groups is 1. The fraction of sp³-hybridized carbons (Fsp3) is 0.400. The molecule has 0 saturated heterocycles. The summed E-state index contributed by atoms with van der Waals surface area (Å²) in [5.41, 5.74) is 1.38. The van der Waals surface area contributed by atoms with Crippen molar-refractivity contribution in [3.8, 4) is 5.75 Å². The Morgan fingerprint density at radius 3 is 2.00 bits per heavy atom. The third kappa shape index (κ3) is 4.13. The van der Waals surface area contributed by atoms with Gasteiger partial charge in [0.05, 0.1) is 0 Å². The van der Waals surface area contributed by atoms with Crippen LogP contribution in [-0.2, 0) is 17.4 Å². The molecule has 4 heteroatoms. The Bertz CT molecular complexity index is 290. The summed E-state index contributed by atoms with van der Waals surface area (Å²) in [6, 6.07) is 7.62. The molecule has 0 N–H and O–H groups in total. The average Bonchev–Trinajstić information content (AvgIpc) is 2.04. The molecule has 74 valence electrons. The quantitative estimate of drug-likeness (QED) is 0.607. The summed E-state index contributed by atoms with van der Waals surface area (Å²) < 4.78 is 14.9. The second-order valence-corrected chi connectivity index (χ2v) is 4.27. The van der Waals surface area contributed by atoms with Crippen LogP contribution in [0.15, 0.2) is 24.3 Å². The maximum atomic E-state index is 10.1. The zero-order chi connectivity index (χ0) is 9.90. The van der Waals surface area contributed by atoms with Gasteiger partial charge in [-0.15, -0.1) is 0 Å². The Hall–Kier alpha value is 0.170. The van der Waals surface area contributed by atoms with E-state index in [-0.39, 0.29) is 46.9 Å². The van der Waals surface area contributed by atoms with Gasteiger partial charge < -0.3 is 4.18 Å². The van der Waals surface area contributed by atoms with Crippen LogP contribution in [0.2, 0.25) is 0 Å². The van der Waals surface area contributed by atoms with E-state index < -0.39 is 0 Å². The van der Waals surface area contributed by atoms with Gasteiger partial charge in [0.15, 0.2) is 11.9 Å². The molecule has 0 spiro atoms. The third-order valence-corrected chi connectivity index (χ3v) is 2.15. The summed E-state index contributed by atoms with van der Waals surface area (Å²) in [5.74, 6) is 0.629. The molecule has 0 aliphatic carbocycles. The number of rotatable bonds is 2. The van der Waals surface area contributed by atoms with Crippen molar-refractivity contribution in [2.75, 3.05) is 0 Å². The van der Waals surface area contributed by atoms with E-state index in [0.717, 1.165) is 0 Å². The summed E-state index contributed by atoms with van der Waals surface area (Å²) in [4.78, 5) is 0. The van der Waals surface area contributed by atoms with E-state index in [2.05, 4.69) is 20.8 Å². The van der Waals surface area contributed by atoms with Crippen LogP contribution in [0.25, 0.3) is 0 Å². The molecule has 0 amide bonds. The summed E-state index contributed by atoms with van der Waals surface area (Å²) in [5, 5.41) is 0. The Kier molecular flexibility index (Phi) is 5.98. The SMILES string of the molecule is CC(C)(C)c1ccc(O[SH]=O)cc1.[NaH]. The molecule has 0 radical (unpaired) electrons. The van der Waals surface area contributed by atoms with E-state index in [4.69, 9.17) is 4.18 Å². The molecule has 0 atom stereocenters. The van der Waals surface area contributed by atoms with Crippen molar-refractivity contribution < 1.29 is 8.39 Å². The van der Waals surface area contributed by atoms with Crippen molar-refractivity contribution >= 4 is 41.5 Å². The molecule has 0 bridgehead atoms. The minimum absolute atomic E-state index is 0. The molecule has 0 aromatic heterocycles. The van der Waals surface area contributed by atoms with E-state index in [9.17, 15) is 4.21 Å². The summed E-state index contributed by atoms with van der Waals surface area (Å²) in [6.07, 6.45) is 0. The zero-order valence-corrected chi connectivity index (χ0v) is 8.97. The molecule has 14 heavy (non-hydrogen) atoms. The zero-order valence-electron chi connectivity index (χ0n) is 8.07. The van der Waals surface area contributed by atoms with E-state index in [1.807, 2.05) is 24.3 Å². The van der Waals surface area contributed by atoms with Crippen LogP contribution in [0, 0.1) is 0 Å². The number of hydrogen-bond acceptors (Lipinski definition) is 2. The van der Waals surface area contributed by atoms with Gasteiger partial charge >= 0.3 is 29.6 Å². The third-order valence-electron chi connectivity index (χ3n) is 1.86. The van der Waals surface area contributed by atoms with Gasteiger partial charge in [0.1, 0.15) is 5.75 Å². The molecule has 0 heterocycles. The van der Waals surface area contributed by atoms with Gasteiger partial charge in [-0.3, -0.25) is 0 Å². The fourth-order valence-corrected chi connectivity index (χ4v) is 1.27. The first-order valence-electron chi connectivity index (χ1n) is 4.14. The average molecular weight is 222 g/mol. The van der Waals surface area contributed by atoms with Crippen molar-refractivity contribution in [1.82, 2.24) is 0 Å². The Balaban J connectivity index is 0.00000169. The van der Waals surface area contributed by atoms with Crippen LogP contribution in [0.1, 0.15) is 26.3 Å². The Morgan fingerprint density at radius 2 is 1.64 bits per heavy atom. The van der Waals surface area contributed by atoms with Crippen LogP contribution < -0.4 is 4.18 Å². The molecule has 0 saturated carbocycles. The van der Waals surface area contributed by atoms with Crippen LogP contribution in [0.3, 0.4) is 0 Å². The summed E-state index contributed by atoms with van der Waals surface area (Å²) in [7, 11) is 0. The van der Waals surface area contributed by atoms with Gasteiger partial charge in [0.2, 0.25) is 0 Å². The van der Waals surface area contributed by atoms with E-state index in [0.29, 0.717) is 5.75 Å². The Morgan fingerprint density at radius 1 is 1.14 bits per heavy atom. The van der Waals surface area contributed by atoms with E-state index in [1.165, 1.54) is 5.56 Å². The first-order valence-corrected chi connectivity index (χ1v) is 4.87. The van der Waals surface area contributed by atoms with Crippen molar-refractivity contribution in [2.24, 2.45) is 0 Å². The molecule has 0 fully saturated rings.